The number of hydrogen-bond acceptors (Lipinski definition) is 2. The number of ether oxygens (including phenoxy) is 1. The summed E-state index contributed by atoms with van der Waals surface area (Å²) in [6.07, 6.45) is 2.82. The molecule has 1 atom stereocenters. The summed E-state index contributed by atoms with van der Waals surface area (Å²) in [5.74, 6) is 0.833. The van der Waals surface area contributed by atoms with Crippen molar-refractivity contribution in [3.63, 3.8) is 0 Å². The van der Waals surface area contributed by atoms with Gasteiger partial charge < -0.3 is 10.1 Å². The maximum absolute atomic E-state index is 11.9. The monoisotopic (exact) mass is 267 g/mol. The summed E-state index contributed by atoms with van der Waals surface area (Å²) in [4.78, 5) is 11.9. The zero-order valence-electron chi connectivity index (χ0n) is 10.5. The molecule has 1 aromatic rings. The Hall–Kier alpha value is -1.22. The van der Waals surface area contributed by atoms with E-state index >= 15 is 0 Å². The summed E-state index contributed by atoms with van der Waals surface area (Å²) in [7, 11) is 0. The molecule has 1 aliphatic rings. The lowest BCUT2D eigenvalue weighted by Crippen LogP contribution is -2.29. The van der Waals surface area contributed by atoms with Gasteiger partial charge in [0, 0.05) is 18.5 Å². The van der Waals surface area contributed by atoms with Gasteiger partial charge in [-0.1, -0.05) is 13.3 Å². The van der Waals surface area contributed by atoms with Crippen LogP contribution in [0.15, 0.2) is 18.2 Å². The SMILES string of the molecule is CCCC(Cl)CNC(=O)c1ccc2c(c1)CCO2. The van der Waals surface area contributed by atoms with Gasteiger partial charge in [-0.25, -0.2) is 0 Å². The molecule has 1 N–H and O–H groups in total. The van der Waals surface area contributed by atoms with E-state index in [1.165, 1.54) is 0 Å². The molecule has 4 heteroatoms. The summed E-state index contributed by atoms with van der Waals surface area (Å²) in [6.45, 7) is 3.31. The van der Waals surface area contributed by atoms with Gasteiger partial charge in [0.1, 0.15) is 5.75 Å². The Morgan fingerprint density at radius 1 is 1.56 bits per heavy atom. The van der Waals surface area contributed by atoms with Crippen molar-refractivity contribution >= 4 is 17.5 Å². The van der Waals surface area contributed by atoms with E-state index in [0.29, 0.717) is 18.7 Å². The van der Waals surface area contributed by atoms with Gasteiger partial charge in [-0.05, 0) is 30.2 Å². The molecule has 0 bridgehead atoms. The average Bonchev–Trinajstić information content (AvgIpc) is 2.83. The Bertz CT molecular complexity index is 434. The van der Waals surface area contributed by atoms with Gasteiger partial charge in [-0.3, -0.25) is 4.79 Å². The van der Waals surface area contributed by atoms with Crippen LogP contribution in [0.3, 0.4) is 0 Å². The lowest BCUT2D eigenvalue weighted by Gasteiger charge is -2.10. The van der Waals surface area contributed by atoms with Gasteiger partial charge in [0.05, 0.1) is 12.0 Å². The maximum atomic E-state index is 11.9. The van der Waals surface area contributed by atoms with Crippen LogP contribution < -0.4 is 10.1 Å². The second-order valence-corrected chi connectivity index (χ2v) is 5.13. The predicted molar refractivity (Wildman–Crippen MR) is 72.5 cm³/mol. The normalized spacial score (nSPS) is 14.8. The molecule has 0 radical (unpaired) electrons. The highest BCUT2D eigenvalue weighted by Gasteiger charge is 2.15. The van der Waals surface area contributed by atoms with E-state index in [0.717, 1.165) is 30.6 Å². The fraction of sp³-hybridized carbons (Fsp3) is 0.500. The fourth-order valence-electron chi connectivity index (χ4n) is 2.05. The van der Waals surface area contributed by atoms with Crippen LogP contribution >= 0.6 is 11.6 Å². The largest absolute Gasteiger partial charge is 0.493 e. The second kappa shape index (κ2) is 6.10. The van der Waals surface area contributed by atoms with Crippen molar-refractivity contribution in [3.8, 4) is 5.75 Å². The number of halogens is 1. The highest BCUT2D eigenvalue weighted by molar-refractivity contribution is 6.20. The zero-order chi connectivity index (χ0) is 13.0. The minimum Gasteiger partial charge on any atom is -0.493 e. The van der Waals surface area contributed by atoms with Gasteiger partial charge in [0.2, 0.25) is 0 Å². The summed E-state index contributed by atoms with van der Waals surface area (Å²) in [6, 6.07) is 5.56. The van der Waals surface area contributed by atoms with Gasteiger partial charge in [0.25, 0.3) is 5.91 Å². The molecule has 0 aromatic heterocycles. The van der Waals surface area contributed by atoms with E-state index < -0.39 is 0 Å². The Morgan fingerprint density at radius 3 is 3.17 bits per heavy atom. The van der Waals surface area contributed by atoms with Crippen LogP contribution in [-0.2, 0) is 6.42 Å². The number of carbonyl (C=O) groups excluding carboxylic acids is 1. The van der Waals surface area contributed by atoms with E-state index in [1.54, 1.807) is 6.07 Å². The number of fused-ring (bicyclic) bond motifs is 1. The minimum atomic E-state index is -0.0635. The van der Waals surface area contributed by atoms with Gasteiger partial charge in [-0.15, -0.1) is 11.6 Å². The second-order valence-electron chi connectivity index (χ2n) is 4.52. The van der Waals surface area contributed by atoms with Crippen molar-refractivity contribution in [1.29, 1.82) is 0 Å². The van der Waals surface area contributed by atoms with Crippen LogP contribution in [0, 0.1) is 0 Å². The first-order valence-electron chi connectivity index (χ1n) is 6.38. The first-order valence-corrected chi connectivity index (χ1v) is 6.82. The number of hydrogen-bond donors (Lipinski definition) is 1. The highest BCUT2D eigenvalue weighted by atomic mass is 35.5. The van der Waals surface area contributed by atoms with Crippen LogP contribution in [0.5, 0.6) is 5.75 Å². The third kappa shape index (κ3) is 3.16. The third-order valence-electron chi connectivity index (χ3n) is 3.04. The van der Waals surface area contributed by atoms with Crippen LogP contribution in [0.1, 0.15) is 35.7 Å². The van der Waals surface area contributed by atoms with Crippen LogP contribution in [0.2, 0.25) is 0 Å². The van der Waals surface area contributed by atoms with Crippen molar-refractivity contribution in [2.75, 3.05) is 13.2 Å². The topological polar surface area (TPSA) is 38.3 Å². The zero-order valence-corrected chi connectivity index (χ0v) is 11.3. The maximum Gasteiger partial charge on any atom is 0.251 e. The van der Waals surface area contributed by atoms with Gasteiger partial charge in [0.15, 0.2) is 0 Å². The van der Waals surface area contributed by atoms with E-state index in [1.807, 2.05) is 12.1 Å². The molecule has 3 nitrogen and oxygen atoms in total. The molecule has 18 heavy (non-hydrogen) atoms. The van der Waals surface area contributed by atoms with Gasteiger partial charge in [-0.2, -0.15) is 0 Å². The Kier molecular flexibility index (Phi) is 4.48. The molecular formula is C14H18ClNO2. The summed E-state index contributed by atoms with van der Waals surface area (Å²) in [5, 5.41) is 2.87. The molecule has 2 rings (SSSR count). The summed E-state index contributed by atoms with van der Waals surface area (Å²) in [5.41, 5.74) is 1.79. The molecule has 1 aliphatic heterocycles. The quantitative estimate of drug-likeness (QED) is 0.833. The molecule has 1 unspecified atom stereocenters. The predicted octanol–water partition coefficient (Wildman–Crippen LogP) is 2.76. The Morgan fingerprint density at radius 2 is 2.39 bits per heavy atom. The Balaban J connectivity index is 1.93. The molecule has 0 fully saturated rings. The van der Waals surface area contributed by atoms with Crippen molar-refractivity contribution in [3.05, 3.63) is 29.3 Å². The third-order valence-corrected chi connectivity index (χ3v) is 3.41. The average molecular weight is 268 g/mol. The van der Waals surface area contributed by atoms with Crippen molar-refractivity contribution in [2.45, 2.75) is 31.6 Å². The molecule has 0 spiro atoms. The summed E-state index contributed by atoms with van der Waals surface area (Å²) >= 11 is 6.07. The molecule has 0 saturated carbocycles. The number of benzene rings is 1. The van der Waals surface area contributed by atoms with Crippen molar-refractivity contribution in [2.24, 2.45) is 0 Å². The molecule has 0 aliphatic carbocycles. The smallest absolute Gasteiger partial charge is 0.251 e. The Labute approximate surface area is 112 Å². The van der Waals surface area contributed by atoms with Crippen LogP contribution in [0.25, 0.3) is 0 Å². The van der Waals surface area contributed by atoms with Crippen molar-refractivity contribution < 1.29 is 9.53 Å². The molecule has 1 aromatic carbocycles. The van der Waals surface area contributed by atoms with E-state index in [9.17, 15) is 4.79 Å². The lowest BCUT2D eigenvalue weighted by atomic mass is 10.1. The number of carbonyl (C=O) groups is 1. The van der Waals surface area contributed by atoms with E-state index in [-0.39, 0.29) is 11.3 Å². The number of amides is 1. The number of alkyl halides is 1. The highest BCUT2D eigenvalue weighted by Crippen LogP contribution is 2.25. The van der Waals surface area contributed by atoms with E-state index in [2.05, 4.69) is 12.2 Å². The molecule has 0 saturated heterocycles. The molecule has 1 heterocycles. The van der Waals surface area contributed by atoms with E-state index in [4.69, 9.17) is 16.3 Å². The molecular weight excluding hydrogens is 250 g/mol. The lowest BCUT2D eigenvalue weighted by molar-refractivity contribution is 0.0953. The number of nitrogens with one attached hydrogen (secondary N) is 1. The van der Waals surface area contributed by atoms with Crippen LogP contribution in [0.4, 0.5) is 0 Å². The standard InChI is InChI=1S/C14H18ClNO2/c1-2-3-12(15)9-16-14(17)11-4-5-13-10(8-11)6-7-18-13/h4-5,8,12H,2-3,6-7,9H2,1H3,(H,16,17). The fourth-order valence-corrected chi connectivity index (χ4v) is 2.34. The minimum absolute atomic E-state index is 0.0108. The first-order chi connectivity index (χ1) is 8.70. The summed E-state index contributed by atoms with van der Waals surface area (Å²) < 4.78 is 5.41. The van der Waals surface area contributed by atoms with Crippen molar-refractivity contribution in [1.82, 2.24) is 5.32 Å². The van der Waals surface area contributed by atoms with Gasteiger partial charge >= 0.3 is 0 Å². The molecule has 98 valence electrons. The molecule has 1 amide bonds. The number of rotatable bonds is 5. The first kappa shape index (κ1) is 13.2. The van der Waals surface area contributed by atoms with Crippen LogP contribution in [-0.4, -0.2) is 24.4 Å².